The molecule has 2 aliphatic heterocycles. The average molecular weight is 328 g/mol. The van der Waals surface area contributed by atoms with Gasteiger partial charge in [-0.3, -0.25) is 4.79 Å². The smallest absolute Gasteiger partial charge is 0.225 e. The molecule has 7 heteroatoms. The first kappa shape index (κ1) is 15.4. The van der Waals surface area contributed by atoms with Crippen LogP contribution in [0.15, 0.2) is 12.7 Å². The van der Waals surface area contributed by atoms with Crippen molar-refractivity contribution < 1.29 is 4.79 Å². The van der Waals surface area contributed by atoms with Gasteiger partial charge in [0.05, 0.1) is 6.33 Å². The molecule has 24 heavy (non-hydrogen) atoms. The average Bonchev–Trinajstić information content (AvgIpc) is 2.95. The van der Waals surface area contributed by atoms with Crippen LogP contribution in [0.3, 0.4) is 0 Å². The number of carbonyl (C=O) groups excluding carboxylic acids is 1. The summed E-state index contributed by atoms with van der Waals surface area (Å²) < 4.78 is 0. The third kappa shape index (κ3) is 2.95. The lowest BCUT2D eigenvalue weighted by Gasteiger charge is -2.34. The number of hydrogen-bond acceptors (Lipinski definition) is 5. The van der Waals surface area contributed by atoms with E-state index in [1.807, 2.05) is 0 Å². The number of likely N-dealkylation sites (tertiary alicyclic amines) is 1. The van der Waals surface area contributed by atoms with Gasteiger partial charge in [0.1, 0.15) is 11.8 Å². The van der Waals surface area contributed by atoms with Crippen molar-refractivity contribution in [1.82, 2.24) is 24.8 Å². The predicted molar refractivity (Wildman–Crippen MR) is 91.7 cm³/mol. The van der Waals surface area contributed by atoms with E-state index in [0.29, 0.717) is 11.6 Å². The minimum absolute atomic E-state index is 0.165. The highest BCUT2D eigenvalue weighted by atomic mass is 16.2. The van der Waals surface area contributed by atoms with E-state index >= 15 is 0 Å². The first-order valence-electron chi connectivity index (χ1n) is 9.01. The van der Waals surface area contributed by atoms with Crippen molar-refractivity contribution in [3.8, 4) is 0 Å². The van der Waals surface area contributed by atoms with Gasteiger partial charge < -0.3 is 14.8 Å². The lowest BCUT2D eigenvalue weighted by atomic mass is 9.95. The Bertz CT molecular complexity index is 698. The number of carbonyl (C=O) groups is 1. The number of anilines is 1. The van der Waals surface area contributed by atoms with Gasteiger partial charge in [-0.2, -0.15) is 0 Å². The Morgan fingerprint density at radius 2 is 1.75 bits per heavy atom. The maximum absolute atomic E-state index is 12.8. The SMILES string of the molecule is O=C(C1CCN(c2ncnc3nc[nH]c23)CC1)N1CCCCCC1. The van der Waals surface area contributed by atoms with Gasteiger partial charge in [-0.15, -0.1) is 0 Å². The molecule has 2 fully saturated rings. The quantitative estimate of drug-likeness (QED) is 0.912. The van der Waals surface area contributed by atoms with Gasteiger partial charge in [0, 0.05) is 32.1 Å². The molecule has 0 unspecified atom stereocenters. The zero-order chi connectivity index (χ0) is 16.4. The number of rotatable bonds is 2. The Balaban J connectivity index is 1.41. The predicted octanol–water partition coefficient (Wildman–Crippen LogP) is 1.97. The summed E-state index contributed by atoms with van der Waals surface area (Å²) in [6.07, 6.45) is 9.84. The molecule has 0 aliphatic carbocycles. The largest absolute Gasteiger partial charge is 0.355 e. The van der Waals surface area contributed by atoms with Gasteiger partial charge in [0.25, 0.3) is 0 Å². The van der Waals surface area contributed by atoms with Crippen LogP contribution in [0.2, 0.25) is 0 Å². The summed E-state index contributed by atoms with van der Waals surface area (Å²) in [5.41, 5.74) is 1.58. The molecule has 0 aromatic carbocycles. The molecule has 0 radical (unpaired) electrons. The van der Waals surface area contributed by atoms with Crippen molar-refractivity contribution >= 4 is 22.9 Å². The number of imidazole rings is 1. The molecular weight excluding hydrogens is 304 g/mol. The maximum atomic E-state index is 12.8. The van der Waals surface area contributed by atoms with E-state index in [9.17, 15) is 4.79 Å². The molecule has 2 aromatic rings. The molecule has 0 atom stereocenters. The van der Waals surface area contributed by atoms with E-state index in [1.54, 1.807) is 12.7 Å². The number of nitrogens with zero attached hydrogens (tertiary/aromatic N) is 5. The van der Waals surface area contributed by atoms with E-state index in [4.69, 9.17) is 0 Å². The summed E-state index contributed by atoms with van der Waals surface area (Å²) in [6, 6.07) is 0. The summed E-state index contributed by atoms with van der Waals surface area (Å²) in [5.74, 6) is 1.43. The van der Waals surface area contributed by atoms with Gasteiger partial charge in [0.2, 0.25) is 5.91 Å². The van der Waals surface area contributed by atoms with E-state index in [2.05, 4.69) is 29.7 Å². The van der Waals surface area contributed by atoms with Gasteiger partial charge in [0.15, 0.2) is 11.5 Å². The van der Waals surface area contributed by atoms with E-state index < -0.39 is 0 Å². The second kappa shape index (κ2) is 6.75. The first-order chi connectivity index (χ1) is 11.8. The van der Waals surface area contributed by atoms with E-state index in [-0.39, 0.29) is 5.92 Å². The lowest BCUT2D eigenvalue weighted by Crippen LogP contribution is -2.43. The van der Waals surface area contributed by atoms with Crippen molar-refractivity contribution in [2.45, 2.75) is 38.5 Å². The standard InChI is InChI=1S/C17H24N6O/c24-17(23-7-3-1-2-4-8-23)13-5-9-22(10-6-13)16-14-15(19-11-18-14)20-12-21-16/h11-13H,1-10H2,(H,18,19,20,21). The highest BCUT2D eigenvalue weighted by Crippen LogP contribution is 2.27. The molecule has 1 amide bonds. The maximum Gasteiger partial charge on any atom is 0.225 e. The molecule has 1 N–H and O–H groups in total. The monoisotopic (exact) mass is 328 g/mol. The fraction of sp³-hybridized carbons (Fsp3) is 0.647. The van der Waals surface area contributed by atoms with Crippen LogP contribution in [0.4, 0.5) is 5.82 Å². The molecule has 0 saturated carbocycles. The Labute approximate surface area is 141 Å². The topological polar surface area (TPSA) is 78.0 Å². The van der Waals surface area contributed by atoms with Gasteiger partial charge in [-0.1, -0.05) is 12.8 Å². The van der Waals surface area contributed by atoms with Crippen LogP contribution >= 0.6 is 0 Å². The number of hydrogen-bond donors (Lipinski definition) is 1. The number of aromatic amines is 1. The second-order valence-corrected chi connectivity index (χ2v) is 6.80. The molecule has 0 bridgehead atoms. The third-order valence-corrected chi connectivity index (χ3v) is 5.26. The Kier molecular flexibility index (Phi) is 4.32. The lowest BCUT2D eigenvalue weighted by molar-refractivity contribution is -0.136. The van der Waals surface area contributed by atoms with Crippen LogP contribution in [0.25, 0.3) is 11.2 Å². The van der Waals surface area contributed by atoms with Crippen molar-refractivity contribution in [3.63, 3.8) is 0 Å². The number of amides is 1. The number of H-pyrrole nitrogens is 1. The van der Waals surface area contributed by atoms with Gasteiger partial charge >= 0.3 is 0 Å². The van der Waals surface area contributed by atoms with E-state index in [0.717, 1.165) is 63.2 Å². The highest BCUT2D eigenvalue weighted by molar-refractivity contribution is 5.83. The zero-order valence-corrected chi connectivity index (χ0v) is 13.9. The number of piperidine rings is 1. The summed E-state index contributed by atoms with van der Waals surface area (Å²) >= 11 is 0. The Morgan fingerprint density at radius 1 is 1.00 bits per heavy atom. The molecule has 0 spiro atoms. The normalized spacial score (nSPS) is 20.3. The number of nitrogens with one attached hydrogen (secondary N) is 1. The van der Waals surface area contributed by atoms with Crippen LogP contribution in [0.1, 0.15) is 38.5 Å². The van der Waals surface area contributed by atoms with E-state index in [1.165, 1.54) is 12.8 Å². The van der Waals surface area contributed by atoms with Crippen molar-refractivity contribution in [2.75, 3.05) is 31.1 Å². The van der Waals surface area contributed by atoms with Crippen molar-refractivity contribution in [2.24, 2.45) is 5.92 Å². The first-order valence-corrected chi connectivity index (χ1v) is 9.01. The molecule has 4 rings (SSSR count). The fourth-order valence-electron chi connectivity index (χ4n) is 3.88. The summed E-state index contributed by atoms with van der Waals surface area (Å²) in [5, 5.41) is 0. The molecule has 4 heterocycles. The molecule has 2 aliphatic rings. The van der Waals surface area contributed by atoms with Crippen LogP contribution in [0, 0.1) is 5.92 Å². The molecule has 7 nitrogen and oxygen atoms in total. The second-order valence-electron chi connectivity index (χ2n) is 6.80. The molecule has 2 saturated heterocycles. The minimum Gasteiger partial charge on any atom is -0.355 e. The number of aromatic nitrogens is 4. The fourth-order valence-corrected chi connectivity index (χ4v) is 3.88. The minimum atomic E-state index is 0.165. The third-order valence-electron chi connectivity index (χ3n) is 5.26. The molecule has 2 aromatic heterocycles. The van der Waals surface area contributed by atoms with Crippen LogP contribution in [-0.2, 0) is 4.79 Å². The van der Waals surface area contributed by atoms with Crippen LogP contribution < -0.4 is 4.90 Å². The number of fused-ring (bicyclic) bond motifs is 1. The van der Waals surface area contributed by atoms with Crippen LogP contribution in [0.5, 0.6) is 0 Å². The Hall–Kier alpha value is -2.18. The molecule has 128 valence electrons. The summed E-state index contributed by atoms with van der Waals surface area (Å²) in [4.78, 5) is 33.0. The highest BCUT2D eigenvalue weighted by Gasteiger charge is 2.30. The van der Waals surface area contributed by atoms with Crippen molar-refractivity contribution in [3.05, 3.63) is 12.7 Å². The van der Waals surface area contributed by atoms with Gasteiger partial charge in [-0.05, 0) is 25.7 Å². The van der Waals surface area contributed by atoms with Gasteiger partial charge in [-0.25, -0.2) is 15.0 Å². The summed E-state index contributed by atoms with van der Waals surface area (Å²) in [7, 11) is 0. The van der Waals surface area contributed by atoms with Crippen LogP contribution in [-0.4, -0.2) is 56.9 Å². The van der Waals surface area contributed by atoms with Crippen molar-refractivity contribution in [1.29, 1.82) is 0 Å². The zero-order valence-electron chi connectivity index (χ0n) is 13.9. The Morgan fingerprint density at radius 3 is 2.50 bits per heavy atom. The summed E-state index contributed by atoms with van der Waals surface area (Å²) in [6.45, 7) is 3.60. The molecular formula is C17H24N6O.